The standard InChI is InChI=1S/C15H16BrClO2/c1-3-5-6-9(17)12-10-7-11-15(18-10)13(12)14(19-11)8(16)4-2/h1,5-6,9-13,15H,4,7H2,2H3/b6-5-,14-8-/t9-,10?,11-,12-,13-,15+/m1/s1. The minimum absolute atomic E-state index is 0.106. The summed E-state index contributed by atoms with van der Waals surface area (Å²) in [6.45, 7) is 2.11. The number of hydrogen-bond acceptors (Lipinski definition) is 2. The van der Waals surface area contributed by atoms with Crippen molar-refractivity contribution in [1.29, 1.82) is 0 Å². The van der Waals surface area contributed by atoms with E-state index >= 15 is 0 Å². The van der Waals surface area contributed by atoms with Crippen molar-refractivity contribution in [2.75, 3.05) is 0 Å². The molecule has 2 bridgehead atoms. The molecule has 0 aromatic carbocycles. The molecule has 3 fully saturated rings. The Morgan fingerprint density at radius 1 is 1.63 bits per heavy atom. The fourth-order valence-corrected chi connectivity index (χ4v) is 4.25. The lowest BCUT2D eigenvalue weighted by atomic mass is 9.77. The van der Waals surface area contributed by atoms with Crippen molar-refractivity contribution in [2.45, 2.75) is 43.5 Å². The Hall–Kier alpha value is -0.430. The Morgan fingerprint density at radius 2 is 2.42 bits per heavy atom. The predicted molar refractivity (Wildman–Crippen MR) is 79.0 cm³/mol. The molecule has 3 rings (SSSR count). The van der Waals surface area contributed by atoms with E-state index in [9.17, 15) is 0 Å². The molecule has 3 saturated heterocycles. The van der Waals surface area contributed by atoms with Crippen LogP contribution >= 0.6 is 27.5 Å². The van der Waals surface area contributed by atoms with Crippen LogP contribution < -0.4 is 0 Å². The minimum Gasteiger partial charge on any atom is -0.491 e. The second-order valence-electron chi connectivity index (χ2n) is 5.23. The highest BCUT2D eigenvalue weighted by atomic mass is 79.9. The molecule has 0 spiro atoms. The van der Waals surface area contributed by atoms with Gasteiger partial charge in [-0.1, -0.05) is 34.9 Å². The average molecular weight is 344 g/mol. The van der Waals surface area contributed by atoms with Gasteiger partial charge in [0, 0.05) is 16.8 Å². The molecule has 3 aliphatic heterocycles. The number of allylic oxidation sites excluding steroid dienone is 3. The zero-order chi connectivity index (χ0) is 13.6. The maximum Gasteiger partial charge on any atom is 0.128 e. The summed E-state index contributed by atoms with van der Waals surface area (Å²) in [5.41, 5.74) is 0. The topological polar surface area (TPSA) is 18.5 Å². The summed E-state index contributed by atoms with van der Waals surface area (Å²) in [5.74, 6) is 4.06. The van der Waals surface area contributed by atoms with Crippen LogP contribution in [0, 0.1) is 24.2 Å². The Bertz CT molecular complexity index is 477. The van der Waals surface area contributed by atoms with Gasteiger partial charge in [-0.15, -0.1) is 18.0 Å². The molecule has 0 radical (unpaired) electrons. The van der Waals surface area contributed by atoms with E-state index < -0.39 is 0 Å². The molecule has 3 heterocycles. The fraction of sp³-hybridized carbons (Fsp3) is 0.600. The molecule has 0 aliphatic carbocycles. The van der Waals surface area contributed by atoms with Gasteiger partial charge in [-0.05, 0) is 12.5 Å². The molecule has 0 aromatic heterocycles. The maximum atomic E-state index is 6.51. The van der Waals surface area contributed by atoms with Crippen molar-refractivity contribution >= 4 is 27.5 Å². The first-order chi connectivity index (χ1) is 9.17. The van der Waals surface area contributed by atoms with Gasteiger partial charge in [-0.3, -0.25) is 0 Å². The van der Waals surface area contributed by atoms with Gasteiger partial charge in [0.1, 0.15) is 18.0 Å². The van der Waals surface area contributed by atoms with Gasteiger partial charge in [0.2, 0.25) is 0 Å². The molecular formula is C15H16BrClO2. The van der Waals surface area contributed by atoms with Gasteiger partial charge in [-0.2, -0.15) is 0 Å². The summed E-state index contributed by atoms with van der Waals surface area (Å²) >= 11 is 10.1. The van der Waals surface area contributed by atoms with Gasteiger partial charge >= 0.3 is 0 Å². The van der Waals surface area contributed by atoms with Gasteiger partial charge in [-0.25, -0.2) is 0 Å². The molecule has 2 nitrogen and oxygen atoms in total. The lowest BCUT2D eigenvalue weighted by Gasteiger charge is -2.25. The van der Waals surface area contributed by atoms with E-state index in [1.165, 1.54) is 0 Å². The summed E-state index contributed by atoms with van der Waals surface area (Å²) in [7, 11) is 0. The van der Waals surface area contributed by atoms with Crippen molar-refractivity contribution in [3.63, 3.8) is 0 Å². The van der Waals surface area contributed by atoms with Crippen LogP contribution in [0.2, 0.25) is 0 Å². The molecule has 0 saturated carbocycles. The molecule has 0 aromatic rings. The highest BCUT2D eigenvalue weighted by Gasteiger charge is 2.63. The monoisotopic (exact) mass is 342 g/mol. The Morgan fingerprint density at radius 3 is 3.11 bits per heavy atom. The molecular weight excluding hydrogens is 328 g/mol. The van der Waals surface area contributed by atoms with E-state index in [0.29, 0.717) is 0 Å². The number of hydrogen-bond donors (Lipinski definition) is 0. The molecule has 102 valence electrons. The van der Waals surface area contributed by atoms with Gasteiger partial charge in [0.15, 0.2) is 0 Å². The summed E-state index contributed by atoms with van der Waals surface area (Å²) in [6, 6.07) is 0. The third-order valence-corrected chi connectivity index (χ3v) is 5.65. The molecule has 0 N–H and O–H groups in total. The SMILES string of the molecule is C#C/C=C\[C@@H](Cl)[C@@H]1C2C[C@H]3O/C(=C(\Br)CC)[C@@H]1[C@H]3O2. The molecule has 1 unspecified atom stereocenters. The summed E-state index contributed by atoms with van der Waals surface area (Å²) in [5, 5.41) is -0.106. The van der Waals surface area contributed by atoms with Crippen LogP contribution in [0.4, 0.5) is 0 Å². The Kier molecular flexibility index (Phi) is 3.68. The zero-order valence-corrected chi connectivity index (χ0v) is 13.0. The Balaban J connectivity index is 1.91. The third-order valence-electron chi connectivity index (χ3n) is 4.26. The van der Waals surface area contributed by atoms with Crippen LogP contribution in [0.1, 0.15) is 19.8 Å². The van der Waals surface area contributed by atoms with Crippen molar-refractivity contribution in [3.8, 4) is 12.3 Å². The van der Waals surface area contributed by atoms with Crippen molar-refractivity contribution < 1.29 is 9.47 Å². The van der Waals surface area contributed by atoms with Crippen molar-refractivity contribution in [2.24, 2.45) is 11.8 Å². The number of terminal acetylenes is 1. The smallest absolute Gasteiger partial charge is 0.128 e. The fourth-order valence-electron chi connectivity index (χ4n) is 3.50. The molecule has 6 atom stereocenters. The van der Waals surface area contributed by atoms with Crippen LogP contribution in [0.25, 0.3) is 0 Å². The Labute approximate surface area is 127 Å². The highest BCUT2D eigenvalue weighted by Crippen LogP contribution is 2.56. The van der Waals surface area contributed by atoms with E-state index in [-0.39, 0.29) is 35.5 Å². The summed E-state index contributed by atoms with van der Waals surface area (Å²) < 4.78 is 13.2. The van der Waals surface area contributed by atoms with Gasteiger partial charge in [0.25, 0.3) is 0 Å². The number of ether oxygens (including phenoxy) is 2. The highest BCUT2D eigenvalue weighted by molar-refractivity contribution is 9.11. The molecule has 4 heteroatoms. The number of rotatable bonds is 3. The average Bonchev–Trinajstić information content (AvgIpc) is 3.02. The van der Waals surface area contributed by atoms with Crippen molar-refractivity contribution in [1.82, 2.24) is 0 Å². The van der Waals surface area contributed by atoms with E-state index in [0.717, 1.165) is 23.1 Å². The van der Waals surface area contributed by atoms with E-state index in [1.54, 1.807) is 6.08 Å². The summed E-state index contributed by atoms with van der Waals surface area (Å²) in [6.07, 6.45) is 11.3. The van der Waals surface area contributed by atoms with E-state index in [2.05, 4.69) is 28.8 Å². The minimum atomic E-state index is -0.106. The first-order valence-electron chi connectivity index (χ1n) is 6.64. The van der Waals surface area contributed by atoms with Crippen LogP contribution in [0.15, 0.2) is 22.4 Å². The first-order valence-corrected chi connectivity index (χ1v) is 7.87. The van der Waals surface area contributed by atoms with Crippen LogP contribution in [0.3, 0.4) is 0 Å². The number of alkyl halides is 1. The van der Waals surface area contributed by atoms with Crippen LogP contribution in [-0.2, 0) is 9.47 Å². The molecule has 19 heavy (non-hydrogen) atoms. The van der Waals surface area contributed by atoms with Gasteiger partial charge < -0.3 is 9.47 Å². The second-order valence-corrected chi connectivity index (χ2v) is 6.69. The lowest BCUT2D eigenvalue weighted by molar-refractivity contribution is 0.0690. The normalized spacial score (nSPS) is 43.4. The largest absolute Gasteiger partial charge is 0.491 e. The van der Waals surface area contributed by atoms with E-state index in [4.69, 9.17) is 27.5 Å². The first kappa shape index (κ1) is 13.5. The van der Waals surface area contributed by atoms with Crippen LogP contribution in [-0.4, -0.2) is 23.7 Å². The van der Waals surface area contributed by atoms with E-state index in [1.807, 2.05) is 6.08 Å². The number of fused-ring (bicyclic) bond motifs is 1. The second kappa shape index (κ2) is 5.16. The third kappa shape index (κ3) is 2.05. The van der Waals surface area contributed by atoms with Gasteiger partial charge in [0.05, 0.1) is 17.4 Å². The van der Waals surface area contributed by atoms with Crippen LogP contribution in [0.5, 0.6) is 0 Å². The number of halogens is 2. The van der Waals surface area contributed by atoms with Crippen molar-refractivity contribution in [3.05, 3.63) is 22.4 Å². The summed E-state index contributed by atoms with van der Waals surface area (Å²) in [4.78, 5) is 0. The molecule has 3 aliphatic rings. The maximum absolute atomic E-state index is 6.51. The zero-order valence-electron chi connectivity index (χ0n) is 10.7. The molecule has 0 amide bonds. The lowest BCUT2D eigenvalue weighted by Crippen LogP contribution is -2.34. The quantitative estimate of drug-likeness (QED) is 0.576. The predicted octanol–water partition coefficient (Wildman–Crippen LogP) is 3.60.